The molecule has 1 unspecified atom stereocenters. The minimum absolute atomic E-state index is 0.290. The van der Waals surface area contributed by atoms with Gasteiger partial charge in [-0.1, -0.05) is 32.6 Å². The van der Waals surface area contributed by atoms with Crippen LogP contribution in [0.4, 0.5) is 0 Å². The maximum atomic E-state index is 10.4. The molecule has 0 aromatic heterocycles. The Morgan fingerprint density at radius 1 is 1.73 bits per heavy atom. The molecule has 0 rings (SSSR count). The van der Waals surface area contributed by atoms with Crippen molar-refractivity contribution in [2.45, 2.75) is 20.3 Å². The Labute approximate surface area is 70.3 Å². The van der Waals surface area contributed by atoms with Crippen molar-refractivity contribution in [3.8, 4) is 0 Å². The molecule has 0 aliphatic rings. The zero-order valence-corrected chi connectivity index (χ0v) is 7.69. The molecule has 1 atom stereocenters. The van der Waals surface area contributed by atoms with Crippen LogP contribution >= 0.6 is 0 Å². The first-order valence-corrected chi connectivity index (χ1v) is 4.57. The van der Waals surface area contributed by atoms with Gasteiger partial charge in [0.2, 0.25) is 0 Å². The third-order valence-electron chi connectivity index (χ3n) is 1.18. The Morgan fingerprint density at radius 2 is 2.27 bits per heavy atom. The molecule has 0 radical (unpaired) electrons. The third-order valence-corrected chi connectivity index (χ3v) is 1.90. The lowest BCUT2D eigenvalue weighted by Gasteiger charge is -2.06. The largest absolute Gasteiger partial charge is 0.768 e. The molecule has 0 aromatic carbocycles. The topological polar surface area (TPSA) is 40.1 Å². The summed E-state index contributed by atoms with van der Waals surface area (Å²) in [7, 11) is 0. The van der Waals surface area contributed by atoms with E-state index in [-0.39, 0.29) is 0 Å². The van der Waals surface area contributed by atoms with Crippen molar-refractivity contribution in [1.82, 2.24) is 0 Å². The fourth-order valence-electron chi connectivity index (χ4n) is 0.571. The second-order valence-electron chi connectivity index (χ2n) is 2.67. The highest BCUT2D eigenvalue weighted by molar-refractivity contribution is 7.83. The first kappa shape index (κ1) is 10.6. The van der Waals surface area contributed by atoms with Gasteiger partial charge in [0.15, 0.2) is 0 Å². The standard InChI is InChI=1S/C8H14O2S/c1-4-8(11(9)10)6-5-7(2)3/h4,6-7H,1,5H2,2-3H3,(H,9,10)/p-1/b8-6+. The Hall–Kier alpha value is -0.410. The maximum Gasteiger partial charge on any atom is 0.0203 e. The van der Waals surface area contributed by atoms with E-state index in [9.17, 15) is 8.76 Å². The molecule has 0 fully saturated rings. The highest BCUT2D eigenvalue weighted by Crippen LogP contribution is 2.07. The number of hydrogen-bond acceptors (Lipinski definition) is 2. The predicted molar refractivity (Wildman–Crippen MR) is 46.7 cm³/mol. The van der Waals surface area contributed by atoms with Crippen LogP contribution in [0, 0.1) is 5.92 Å². The van der Waals surface area contributed by atoms with Gasteiger partial charge in [-0.25, -0.2) is 0 Å². The van der Waals surface area contributed by atoms with E-state index < -0.39 is 11.1 Å². The van der Waals surface area contributed by atoms with Crippen LogP contribution in [0.25, 0.3) is 0 Å². The Balaban J connectivity index is 4.13. The molecule has 0 N–H and O–H groups in total. The van der Waals surface area contributed by atoms with Crippen LogP contribution in [-0.2, 0) is 11.1 Å². The van der Waals surface area contributed by atoms with Gasteiger partial charge in [0.1, 0.15) is 0 Å². The zero-order chi connectivity index (χ0) is 8.85. The Morgan fingerprint density at radius 3 is 2.55 bits per heavy atom. The van der Waals surface area contributed by atoms with E-state index in [1.165, 1.54) is 6.08 Å². The van der Waals surface area contributed by atoms with E-state index in [0.29, 0.717) is 10.8 Å². The van der Waals surface area contributed by atoms with Gasteiger partial charge in [-0.2, -0.15) is 0 Å². The summed E-state index contributed by atoms with van der Waals surface area (Å²) in [5.41, 5.74) is 0. The van der Waals surface area contributed by atoms with Crippen molar-refractivity contribution in [3.05, 3.63) is 23.6 Å². The Kier molecular flexibility index (Phi) is 5.07. The van der Waals surface area contributed by atoms with E-state index in [1.807, 2.05) is 13.8 Å². The summed E-state index contributed by atoms with van der Waals surface area (Å²) in [6.07, 6.45) is 3.81. The predicted octanol–water partition coefficient (Wildman–Crippen LogP) is 1.98. The van der Waals surface area contributed by atoms with Gasteiger partial charge < -0.3 is 4.55 Å². The van der Waals surface area contributed by atoms with Crippen LogP contribution in [0.5, 0.6) is 0 Å². The molecular weight excluding hydrogens is 160 g/mol. The second kappa shape index (κ2) is 5.27. The van der Waals surface area contributed by atoms with E-state index >= 15 is 0 Å². The summed E-state index contributed by atoms with van der Waals surface area (Å²) in [6.45, 7) is 7.46. The minimum Gasteiger partial charge on any atom is -0.768 e. The highest BCUT2D eigenvalue weighted by Gasteiger charge is 1.92. The summed E-state index contributed by atoms with van der Waals surface area (Å²) < 4.78 is 20.8. The monoisotopic (exact) mass is 173 g/mol. The summed E-state index contributed by atoms with van der Waals surface area (Å²) in [6, 6.07) is 0. The molecular formula is C8H13O2S-. The molecule has 0 heterocycles. The van der Waals surface area contributed by atoms with Gasteiger partial charge in [0, 0.05) is 4.91 Å². The first-order valence-electron chi connectivity index (χ1n) is 3.49. The fraction of sp³-hybridized carbons (Fsp3) is 0.500. The van der Waals surface area contributed by atoms with Crippen LogP contribution in [-0.4, -0.2) is 8.76 Å². The molecule has 0 amide bonds. The van der Waals surface area contributed by atoms with Crippen LogP contribution < -0.4 is 0 Å². The number of allylic oxidation sites excluding steroid dienone is 2. The first-order chi connectivity index (χ1) is 5.07. The van der Waals surface area contributed by atoms with E-state index in [1.54, 1.807) is 6.08 Å². The maximum absolute atomic E-state index is 10.4. The molecule has 0 saturated heterocycles. The lowest BCUT2D eigenvalue weighted by molar-refractivity contribution is 0.544. The van der Waals surface area contributed by atoms with Crippen molar-refractivity contribution < 1.29 is 8.76 Å². The molecule has 0 spiro atoms. The molecule has 0 aromatic rings. The van der Waals surface area contributed by atoms with E-state index in [4.69, 9.17) is 0 Å². The summed E-state index contributed by atoms with van der Waals surface area (Å²) in [4.78, 5) is 0.290. The minimum atomic E-state index is -2.13. The average molecular weight is 173 g/mol. The summed E-state index contributed by atoms with van der Waals surface area (Å²) in [5, 5.41) is 0. The molecule has 0 saturated carbocycles. The van der Waals surface area contributed by atoms with Gasteiger partial charge >= 0.3 is 0 Å². The number of rotatable bonds is 4. The normalized spacial score (nSPS) is 15.1. The van der Waals surface area contributed by atoms with Crippen molar-refractivity contribution in [2.24, 2.45) is 5.92 Å². The molecule has 11 heavy (non-hydrogen) atoms. The SMILES string of the molecule is C=C/C(=C\CC(C)C)S(=O)[O-]. The lowest BCUT2D eigenvalue weighted by atomic mass is 10.1. The molecule has 0 aliphatic carbocycles. The Bertz CT molecular complexity index is 183. The van der Waals surface area contributed by atoms with Crippen LogP contribution in [0.1, 0.15) is 20.3 Å². The quantitative estimate of drug-likeness (QED) is 0.481. The number of hydrogen-bond donors (Lipinski definition) is 0. The highest BCUT2D eigenvalue weighted by atomic mass is 32.2. The second-order valence-corrected chi connectivity index (χ2v) is 3.62. The lowest BCUT2D eigenvalue weighted by Crippen LogP contribution is -1.91. The van der Waals surface area contributed by atoms with E-state index in [2.05, 4.69) is 6.58 Å². The molecule has 3 heteroatoms. The van der Waals surface area contributed by atoms with Crippen LogP contribution in [0.2, 0.25) is 0 Å². The van der Waals surface area contributed by atoms with Gasteiger partial charge in [-0.15, -0.1) is 0 Å². The van der Waals surface area contributed by atoms with Gasteiger partial charge in [-0.05, 0) is 23.4 Å². The van der Waals surface area contributed by atoms with Crippen molar-refractivity contribution in [3.63, 3.8) is 0 Å². The summed E-state index contributed by atoms with van der Waals surface area (Å²) >= 11 is -2.13. The molecule has 2 nitrogen and oxygen atoms in total. The smallest absolute Gasteiger partial charge is 0.0203 e. The average Bonchev–Trinajstić information content (AvgIpc) is 1.87. The van der Waals surface area contributed by atoms with Gasteiger partial charge in [0.25, 0.3) is 0 Å². The molecule has 0 aliphatic heterocycles. The van der Waals surface area contributed by atoms with E-state index in [0.717, 1.165) is 6.42 Å². The van der Waals surface area contributed by atoms with Crippen LogP contribution in [0.3, 0.4) is 0 Å². The molecule has 64 valence electrons. The van der Waals surface area contributed by atoms with Crippen LogP contribution in [0.15, 0.2) is 23.6 Å². The van der Waals surface area contributed by atoms with Crippen molar-refractivity contribution in [2.75, 3.05) is 0 Å². The zero-order valence-electron chi connectivity index (χ0n) is 6.87. The van der Waals surface area contributed by atoms with Gasteiger partial charge in [-0.3, -0.25) is 4.21 Å². The van der Waals surface area contributed by atoms with Crippen molar-refractivity contribution >= 4 is 11.1 Å². The fourth-order valence-corrected chi connectivity index (χ4v) is 0.940. The third kappa shape index (κ3) is 4.93. The van der Waals surface area contributed by atoms with Gasteiger partial charge in [0.05, 0.1) is 0 Å². The van der Waals surface area contributed by atoms with Crippen molar-refractivity contribution in [1.29, 1.82) is 0 Å². The molecule has 0 bridgehead atoms. The summed E-state index contributed by atoms with van der Waals surface area (Å²) in [5.74, 6) is 0.480.